The average molecular weight is 266 g/mol. The van der Waals surface area contributed by atoms with Crippen molar-refractivity contribution in [3.05, 3.63) is 23.3 Å². The molecule has 0 unspecified atom stereocenters. The molecule has 1 saturated carbocycles. The van der Waals surface area contributed by atoms with Gasteiger partial charge in [-0.1, -0.05) is 0 Å². The van der Waals surface area contributed by atoms with Gasteiger partial charge >= 0.3 is 5.97 Å². The highest BCUT2D eigenvalue weighted by atomic mass is 19.1. The summed E-state index contributed by atoms with van der Waals surface area (Å²) < 4.78 is 24.1. The maximum atomic E-state index is 12.9. The molecule has 0 spiro atoms. The van der Waals surface area contributed by atoms with Crippen LogP contribution in [0.25, 0.3) is 0 Å². The first-order valence-electron chi connectivity index (χ1n) is 6.35. The first-order valence-corrected chi connectivity index (χ1v) is 6.35. The maximum absolute atomic E-state index is 12.9. The van der Waals surface area contributed by atoms with Crippen LogP contribution in [0.1, 0.15) is 30.4 Å². The van der Waals surface area contributed by atoms with Gasteiger partial charge in [-0.05, 0) is 30.5 Å². The molecule has 1 aliphatic heterocycles. The van der Waals surface area contributed by atoms with E-state index in [1.807, 2.05) is 0 Å². The van der Waals surface area contributed by atoms with Gasteiger partial charge < -0.3 is 14.6 Å². The number of benzene rings is 1. The fourth-order valence-corrected chi connectivity index (χ4v) is 2.66. The summed E-state index contributed by atoms with van der Waals surface area (Å²) >= 11 is 0. The smallest absolute Gasteiger partial charge is 0.304 e. The van der Waals surface area contributed by atoms with Crippen LogP contribution in [0.2, 0.25) is 0 Å². The number of aliphatic carboxylic acids is 1. The fourth-order valence-electron chi connectivity index (χ4n) is 2.66. The lowest BCUT2D eigenvalue weighted by atomic mass is 9.90. The standard InChI is InChI=1S/C14H15FO4/c15-8-9-5-10(14(1-2-14)7-12(16)17)13-11(6-9)18-3-4-19-13/h5-6H,1-4,7-8H2,(H,16,17). The molecule has 0 radical (unpaired) electrons. The van der Waals surface area contributed by atoms with Crippen LogP contribution in [0.5, 0.6) is 11.5 Å². The second kappa shape index (κ2) is 4.40. The van der Waals surface area contributed by atoms with E-state index in [1.165, 1.54) is 0 Å². The highest BCUT2D eigenvalue weighted by Crippen LogP contribution is 2.56. The molecule has 0 amide bonds. The van der Waals surface area contributed by atoms with Gasteiger partial charge in [-0.2, -0.15) is 0 Å². The Morgan fingerprint density at radius 2 is 2.05 bits per heavy atom. The van der Waals surface area contributed by atoms with Crippen LogP contribution < -0.4 is 9.47 Å². The minimum atomic E-state index is -0.839. The highest BCUT2D eigenvalue weighted by molar-refractivity contribution is 5.71. The largest absolute Gasteiger partial charge is 0.486 e. The Hall–Kier alpha value is -1.78. The number of hydrogen-bond donors (Lipinski definition) is 1. The molecule has 19 heavy (non-hydrogen) atoms. The first-order chi connectivity index (χ1) is 9.14. The van der Waals surface area contributed by atoms with Gasteiger partial charge in [-0.15, -0.1) is 0 Å². The van der Waals surface area contributed by atoms with Gasteiger partial charge in [-0.3, -0.25) is 4.79 Å². The molecule has 0 saturated heterocycles. The number of ether oxygens (including phenoxy) is 2. The molecule has 5 heteroatoms. The summed E-state index contributed by atoms with van der Waals surface area (Å²) in [5.41, 5.74) is 0.901. The average Bonchev–Trinajstić information content (AvgIpc) is 3.17. The molecule has 1 aliphatic carbocycles. The predicted molar refractivity (Wildman–Crippen MR) is 65.4 cm³/mol. The second-order valence-electron chi connectivity index (χ2n) is 5.15. The van der Waals surface area contributed by atoms with Crippen molar-refractivity contribution in [2.75, 3.05) is 13.2 Å². The van der Waals surface area contributed by atoms with Crippen molar-refractivity contribution < 1.29 is 23.8 Å². The molecule has 2 aliphatic rings. The van der Waals surface area contributed by atoms with Crippen molar-refractivity contribution in [1.29, 1.82) is 0 Å². The zero-order chi connectivity index (χ0) is 13.5. The van der Waals surface area contributed by atoms with Crippen molar-refractivity contribution in [3.8, 4) is 11.5 Å². The van der Waals surface area contributed by atoms with Gasteiger partial charge in [-0.25, -0.2) is 4.39 Å². The quantitative estimate of drug-likeness (QED) is 0.909. The summed E-state index contributed by atoms with van der Waals surface area (Å²) in [6, 6.07) is 3.36. The van der Waals surface area contributed by atoms with Crippen LogP contribution in [-0.2, 0) is 16.9 Å². The number of alkyl halides is 1. The first kappa shape index (κ1) is 12.3. The summed E-state index contributed by atoms with van der Waals surface area (Å²) in [4.78, 5) is 11.0. The molecule has 1 N–H and O–H groups in total. The number of fused-ring (bicyclic) bond motifs is 1. The normalized spacial score (nSPS) is 19.0. The van der Waals surface area contributed by atoms with E-state index in [0.29, 0.717) is 30.3 Å². The lowest BCUT2D eigenvalue weighted by molar-refractivity contribution is -0.137. The van der Waals surface area contributed by atoms with Crippen molar-refractivity contribution >= 4 is 5.97 Å². The summed E-state index contributed by atoms with van der Waals surface area (Å²) in [5.74, 6) is 0.295. The van der Waals surface area contributed by atoms with Gasteiger partial charge in [0.05, 0.1) is 6.42 Å². The van der Waals surface area contributed by atoms with Crippen LogP contribution in [0, 0.1) is 0 Å². The van der Waals surface area contributed by atoms with Crippen molar-refractivity contribution in [1.82, 2.24) is 0 Å². The van der Waals surface area contributed by atoms with Gasteiger partial charge in [0.2, 0.25) is 0 Å². The van der Waals surface area contributed by atoms with E-state index in [-0.39, 0.29) is 6.42 Å². The van der Waals surface area contributed by atoms with Crippen LogP contribution in [0.4, 0.5) is 4.39 Å². The number of hydrogen-bond acceptors (Lipinski definition) is 3. The van der Waals surface area contributed by atoms with Crippen LogP contribution >= 0.6 is 0 Å². The van der Waals surface area contributed by atoms with Crippen molar-refractivity contribution in [2.24, 2.45) is 0 Å². The lowest BCUT2D eigenvalue weighted by Gasteiger charge is -2.25. The number of carboxylic acids is 1. The summed E-state index contributed by atoms with van der Waals surface area (Å²) in [6.45, 7) is 0.291. The molecule has 4 nitrogen and oxygen atoms in total. The van der Waals surface area contributed by atoms with Crippen molar-refractivity contribution in [3.63, 3.8) is 0 Å². The highest BCUT2D eigenvalue weighted by Gasteiger charge is 2.48. The van der Waals surface area contributed by atoms with E-state index >= 15 is 0 Å². The Kier molecular flexibility index (Phi) is 2.84. The third kappa shape index (κ3) is 2.13. The topological polar surface area (TPSA) is 55.8 Å². The Bertz CT molecular complexity index is 522. The third-order valence-electron chi connectivity index (χ3n) is 3.77. The second-order valence-corrected chi connectivity index (χ2v) is 5.15. The summed E-state index contributed by atoms with van der Waals surface area (Å²) in [5, 5.41) is 9.03. The van der Waals surface area contributed by atoms with E-state index < -0.39 is 18.1 Å². The van der Waals surface area contributed by atoms with Crippen LogP contribution in [-0.4, -0.2) is 24.3 Å². The molecular weight excluding hydrogens is 251 g/mol. The van der Waals surface area contributed by atoms with Crippen LogP contribution in [0.3, 0.4) is 0 Å². The molecule has 102 valence electrons. The number of halogens is 1. The molecule has 3 rings (SSSR count). The molecule has 0 aromatic heterocycles. The van der Waals surface area contributed by atoms with E-state index in [9.17, 15) is 9.18 Å². The Labute approximate surface area is 110 Å². The van der Waals surface area contributed by atoms with E-state index in [1.54, 1.807) is 12.1 Å². The zero-order valence-corrected chi connectivity index (χ0v) is 10.4. The van der Waals surface area contributed by atoms with Gasteiger partial charge in [0.25, 0.3) is 0 Å². The molecule has 1 aromatic rings. The Balaban J connectivity index is 2.06. The number of carboxylic acid groups (broad SMARTS) is 1. The minimum Gasteiger partial charge on any atom is -0.486 e. The molecule has 1 heterocycles. The molecule has 1 aromatic carbocycles. The number of carbonyl (C=O) groups is 1. The molecule has 1 fully saturated rings. The van der Waals surface area contributed by atoms with Gasteiger partial charge in [0, 0.05) is 11.0 Å². The zero-order valence-electron chi connectivity index (χ0n) is 10.4. The maximum Gasteiger partial charge on any atom is 0.304 e. The summed E-state index contributed by atoms with van der Waals surface area (Å²) in [6.07, 6.45) is 1.65. The van der Waals surface area contributed by atoms with E-state index in [0.717, 1.165) is 18.4 Å². The number of rotatable bonds is 4. The molecule has 0 bridgehead atoms. The SMILES string of the molecule is O=C(O)CC1(c2cc(CF)cc3c2OCCO3)CC1. The Morgan fingerprint density at radius 3 is 2.68 bits per heavy atom. The lowest BCUT2D eigenvalue weighted by Crippen LogP contribution is -2.21. The molecule has 0 atom stereocenters. The minimum absolute atomic E-state index is 0.0541. The third-order valence-corrected chi connectivity index (χ3v) is 3.77. The fraction of sp³-hybridized carbons (Fsp3) is 0.500. The van der Waals surface area contributed by atoms with E-state index in [4.69, 9.17) is 14.6 Å². The van der Waals surface area contributed by atoms with Gasteiger partial charge in [0.1, 0.15) is 19.9 Å². The van der Waals surface area contributed by atoms with Crippen LogP contribution in [0.15, 0.2) is 12.1 Å². The van der Waals surface area contributed by atoms with Gasteiger partial charge in [0.15, 0.2) is 11.5 Å². The van der Waals surface area contributed by atoms with Crippen molar-refractivity contribution in [2.45, 2.75) is 31.4 Å². The monoisotopic (exact) mass is 266 g/mol. The predicted octanol–water partition coefficient (Wildman–Crippen LogP) is 2.43. The summed E-state index contributed by atoms with van der Waals surface area (Å²) in [7, 11) is 0. The van der Waals surface area contributed by atoms with E-state index in [2.05, 4.69) is 0 Å². The molecular formula is C14H15FO4. The Morgan fingerprint density at radius 1 is 1.32 bits per heavy atom.